The number of hydrogen-bond donors (Lipinski definition) is 2. The van der Waals surface area contributed by atoms with Gasteiger partial charge >= 0.3 is 6.03 Å². The first-order valence-electron chi connectivity index (χ1n) is 11.0. The highest BCUT2D eigenvalue weighted by Gasteiger charge is 2.54. The van der Waals surface area contributed by atoms with Gasteiger partial charge in [-0.05, 0) is 60.7 Å². The first-order valence-corrected chi connectivity index (χ1v) is 12.2. The van der Waals surface area contributed by atoms with Crippen molar-refractivity contribution in [3.63, 3.8) is 0 Å². The fourth-order valence-corrected chi connectivity index (χ4v) is 5.67. The highest BCUT2D eigenvalue weighted by atomic mass is 35.5. The van der Waals surface area contributed by atoms with Crippen molar-refractivity contribution in [3.8, 4) is 0 Å². The molecule has 1 aliphatic carbocycles. The second-order valence-corrected chi connectivity index (χ2v) is 9.89. The molecule has 0 aromatic heterocycles. The van der Waals surface area contributed by atoms with Gasteiger partial charge in [-0.1, -0.05) is 65.8 Å². The van der Waals surface area contributed by atoms with Crippen molar-refractivity contribution in [1.29, 1.82) is 0 Å². The summed E-state index contributed by atoms with van der Waals surface area (Å²) >= 11 is 7.66. The van der Waals surface area contributed by atoms with E-state index in [2.05, 4.69) is 10.6 Å². The molecule has 1 aliphatic heterocycles. The summed E-state index contributed by atoms with van der Waals surface area (Å²) in [5.41, 5.74) is 1.29. The first kappa shape index (κ1) is 22.5. The maximum atomic E-state index is 13.4. The Morgan fingerprint density at radius 3 is 2.65 bits per heavy atom. The number of nitrogens with zero attached hydrogens (tertiary/aromatic N) is 1. The Kier molecular flexibility index (Phi) is 6.06. The van der Waals surface area contributed by atoms with E-state index >= 15 is 0 Å². The quantitative estimate of drug-likeness (QED) is 0.480. The van der Waals surface area contributed by atoms with Crippen molar-refractivity contribution >= 4 is 46.9 Å². The molecule has 0 unspecified atom stereocenters. The van der Waals surface area contributed by atoms with Crippen molar-refractivity contribution in [2.75, 3.05) is 11.9 Å². The topological polar surface area (TPSA) is 78.5 Å². The molecule has 34 heavy (non-hydrogen) atoms. The van der Waals surface area contributed by atoms with Crippen molar-refractivity contribution < 1.29 is 14.4 Å². The van der Waals surface area contributed by atoms with E-state index in [1.165, 1.54) is 11.8 Å². The van der Waals surface area contributed by atoms with Crippen molar-refractivity contribution in [1.82, 2.24) is 10.2 Å². The molecular formula is C26H22ClN3O3S. The number of aryl methyl sites for hydroxylation is 1. The van der Waals surface area contributed by atoms with Crippen LogP contribution in [0.1, 0.15) is 24.0 Å². The first-order chi connectivity index (χ1) is 16.5. The summed E-state index contributed by atoms with van der Waals surface area (Å²) in [5, 5.41) is 6.18. The third kappa shape index (κ3) is 4.17. The molecule has 1 fully saturated rings. The average Bonchev–Trinajstić information content (AvgIpc) is 3.06. The third-order valence-corrected chi connectivity index (χ3v) is 7.46. The van der Waals surface area contributed by atoms with E-state index in [-0.39, 0.29) is 12.5 Å². The number of carbonyl (C=O) groups excluding carboxylic acids is 3. The van der Waals surface area contributed by atoms with Crippen LogP contribution in [0.15, 0.2) is 82.6 Å². The Hall–Kier alpha value is -3.29. The van der Waals surface area contributed by atoms with Crippen LogP contribution in [-0.4, -0.2) is 29.3 Å². The van der Waals surface area contributed by atoms with E-state index < -0.39 is 17.5 Å². The van der Waals surface area contributed by atoms with Crippen LogP contribution in [0.5, 0.6) is 0 Å². The van der Waals surface area contributed by atoms with Crippen LogP contribution >= 0.6 is 23.4 Å². The molecule has 4 amide bonds. The number of carbonyl (C=O) groups is 3. The second-order valence-electron chi connectivity index (χ2n) is 8.34. The molecule has 5 rings (SSSR count). The molecule has 172 valence electrons. The molecule has 1 spiro atoms. The van der Waals surface area contributed by atoms with E-state index in [0.717, 1.165) is 38.7 Å². The van der Waals surface area contributed by atoms with Crippen molar-refractivity contribution in [2.45, 2.75) is 34.6 Å². The molecule has 6 nitrogen and oxygen atoms in total. The van der Waals surface area contributed by atoms with Crippen LogP contribution in [0.3, 0.4) is 0 Å². The van der Waals surface area contributed by atoms with Gasteiger partial charge in [0.25, 0.3) is 5.91 Å². The van der Waals surface area contributed by atoms with E-state index in [1.807, 2.05) is 60.7 Å². The van der Waals surface area contributed by atoms with Gasteiger partial charge < -0.3 is 10.6 Å². The van der Waals surface area contributed by atoms with Gasteiger partial charge in [0.2, 0.25) is 5.91 Å². The van der Waals surface area contributed by atoms with E-state index in [9.17, 15) is 14.4 Å². The number of halogens is 1. The number of nitrogens with one attached hydrogen (secondary N) is 2. The van der Waals surface area contributed by atoms with Crippen LogP contribution in [0.4, 0.5) is 10.5 Å². The third-order valence-electron chi connectivity index (χ3n) is 6.14. The zero-order chi connectivity index (χ0) is 23.7. The van der Waals surface area contributed by atoms with E-state index in [1.54, 1.807) is 12.1 Å². The monoisotopic (exact) mass is 491 g/mol. The molecule has 8 heteroatoms. The zero-order valence-electron chi connectivity index (χ0n) is 18.2. The Morgan fingerprint density at radius 2 is 1.82 bits per heavy atom. The number of benzene rings is 3. The number of rotatable bonds is 5. The minimum absolute atomic E-state index is 0.378. The van der Waals surface area contributed by atoms with Crippen LogP contribution in [-0.2, 0) is 21.5 Å². The predicted molar refractivity (Wildman–Crippen MR) is 132 cm³/mol. The van der Waals surface area contributed by atoms with Crippen molar-refractivity contribution in [2.24, 2.45) is 0 Å². The summed E-state index contributed by atoms with van der Waals surface area (Å²) in [5.74, 6) is -0.855. The maximum absolute atomic E-state index is 13.4. The standard InChI is InChI=1S/C26H22ClN3O3S/c27-18-12-13-22(34-19-9-2-1-3-10-19)21(15-18)28-23(31)16-30-24(32)26(29-25(30)33)14-6-8-17-7-4-5-11-20(17)26/h1-5,7,9-13,15H,6,8,14,16H2,(H,28,31)(H,29,33)/t26-/m1/s1. The summed E-state index contributed by atoms with van der Waals surface area (Å²) in [4.78, 5) is 42.0. The van der Waals surface area contributed by atoms with Crippen LogP contribution in [0.25, 0.3) is 0 Å². The van der Waals surface area contributed by atoms with Gasteiger partial charge in [0.15, 0.2) is 0 Å². The number of hydrogen-bond acceptors (Lipinski definition) is 4. The Bertz CT molecular complexity index is 1280. The zero-order valence-corrected chi connectivity index (χ0v) is 19.8. The maximum Gasteiger partial charge on any atom is 0.325 e. The highest BCUT2D eigenvalue weighted by Crippen LogP contribution is 2.40. The molecule has 1 atom stereocenters. The lowest BCUT2D eigenvalue weighted by Gasteiger charge is -2.33. The predicted octanol–water partition coefficient (Wildman–Crippen LogP) is 5.21. The molecule has 0 radical (unpaired) electrons. The number of anilines is 1. The molecule has 1 saturated heterocycles. The molecule has 2 N–H and O–H groups in total. The lowest BCUT2D eigenvalue weighted by Crippen LogP contribution is -2.47. The summed E-state index contributed by atoms with van der Waals surface area (Å²) in [6.45, 7) is -0.378. The molecule has 0 bridgehead atoms. The Balaban J connectivity index is 1.35. The second kappa shape index (κ2) is 9.16. The minimum atomic E-state index is -1.10. The minimum Gasteiger partial charge on any atom is -0.323 e. The number of imide groups is 1. The Labute approximate surface area is 206 Å². The van der Waals surface area contributed by atoms with Crippen LogP contribution in [0.2, 0.25) is 5.02 Å². The molecule has 1 heterocycles. The number of fused-ring (bicyclic) bond motifs is 2. The van der Waals surface area contributed by atoms with Crippen LogP contribution < -0.4 is 10.6 Å². The fraction of sp³-hybridized carbons (Fsp3) is 0.192. The smallest absolute Gasteiger partial charge is 0.323 e. The van der Waals surface area contributed by atoms with Gasteiger partial charge in [-0.2, -0.15) is 0 Å². The average molecular weight is 492 g/mol. The molecule has 0 saturated carbocycles. The van der Waals surface area contributed by atoms with Gasteiger partial charge in [-0.25, -0.2) is 4.79 Å². The van der Waals surface area contributed by atoms with Gasteiger partial charge in [0, 0.05) is 14.8 Å². The Morgan fingerprint density at radius 1 is 1.06 bits per heavy atom. The van der Waals surface area contributed by atoms with Gasteiger partial charge in [-0.15, -0.1) is 0 Å². The van der Waals surface area contributed by atoms with Crippen LogP contribution in [0, 0.1) is 0 Å². The van der Waals surface area contributed by atoms with Gasteiger partial charge in [-0.3, -0.25) is 14.5 Å². The normalized spacial score (nSPS) is 19.1. The lowest BCUT2D eigenvalue weighted by atomic mass is 9.76. The lowest BCUT2D eigenvalue weighted by molar-refractivity contribution is -0.134. The SMILES string of the molecule is O=C(CN1C(=O)N[C@@]2(CCCc3ccccc32)C1=O)Nc1cc(Cl)ccc1Sc1ccccc1. The highest BCUT2D eigenvalue weighted by molar-refractivity contribution is 7.99. The number of amides is 4. The fourth-order valence-electron chi connectivity index (χ4n) is 4.59. The molecule has 2 aliphatic rings. The van der Waals surface area contributed by atoms with Gasteiger partial charge in [0.05, 0.1) is 5.69 Å². The summed E-state index contributed by atoms with van der Waals surface area (Å²) in [6, 6.07) is 22.1. The summed E-state index contributed by atoms with van der Waals surface area (Å²) in [7, 11) is 0. The van der Waals surface area contributed by atoms with E-state index in [0.29, 0.717) is 17.1 Å². The largest absolute Gasteiger partial charge is 0.325 e. The summed E-state index contributed by atoms with van der Waals surface area (Å²) < 4.78 is 0. The van der Waals surface area contributed by atoms with Gasteiger partial charge in [0.1, 0.15) is 12.1 Å². The molecule has 3 aromatic carbocycles. The number of urea groups is 1. The van der Waals surface area contributed by atoms with E-state index in [4.69, 9.17) is 11.6 Å². The van der Waals surface area contributed by atoms with Crippen molar-refractivity contribution in [3.05, 3.63) is 88.9 Å². The molecular weight excluding hydrogens is 470 g/mol. The summed E-state index contributed by atoms with van der Waals surface area (Å²) in [6.07, 6.45) is 2.16. The molecule has 3 aromatic rings.